The molecule has 0 aliphatic heterocycles. The number of aliphatic hydroxyl groups is 1. The summed E-state index contributed by atoms with van der Waals surface area (Å²) in [6, 6.07) is 13.4. The molecule has 5 rings (SSSR count). The van der Waals surface area contributed by atoms with E-state index in [0.29, 0.717) is 36.1 Å². The van der Waals surface area contributed by atoms with Crippen molar-refractivity contribution in [2.24, 2.45) is 0 Å². The van der Waals surface area contributed by atoms with Crippen LogP contribution in [0, 0.1) is 11.3 Å². The van der Waals surface area contributed by atoms with Gasteiger partial charge in [-0.2, -0.15) is 10.4 Å². The van der Waals surface area contributed by atoms with E-state index < -0.39 is 0 Å². The summed E-state index contributed by atoms with van der Waals surface area (Å²) in [5.41, 5.74) is 6.93. The fourth-order valence-corrected chi connectivity index (χ4v) is 4.72. The van der Waals surface area contributed by atoms with Crippen molar-refractivity contribution in [3.63, 3.8) is 0 Å². The quantitative estimate of drug-likeness (QED) is 0.460. The predicted octanol–water partition coefficient (Wildman–Crippen LogP) is 3.56. The molecule has 1 aromatic heterocycles. The molecule has 0 unspecified atom stereocenters. The van der Waals surface area contributed by atoms with E-state index in [-0.39, 0.29) is 18.1 Å². The second kappa shape index (κ2) is 8.13. The lowest BCUT2D eigenvalue weighted by Crippen LogP contribution is -2.38. The molecule has 0 radical (unpaired) electrons. The number of nitriles is 1. The van der Waals surface area contributed by atoms with Gasteiger partial charge in [0.25, 0.3) is 5.91 Å². The number of aromatic amines is 1. The van der Waals surface area contributed by atoms with Crippen LogP contribution in [0.2, 0.25) is 0 Å². The first-order chi connectivity index (χ1) is 15.6. The van der Waals surface area contributed by atoms with Crippen LogP contribution in [-0.4, -0.2) is 40.5 Å². The molecule has 1 heterocycles. The average molecular weight is 428 g/mol. The average Bonchev–Trinajstić information content (AvgIpc) is 3.38. The maximum Gasteiger partial charge on any atom is 0.255 e. The summed E-state index contributed by atoms with van der Waals surface area (Å²) in [7, 11) is 1.58. The van der Waals surface area contributed by atoms with E-state index in [0.717, 1.165) is 46.5 Å². The zero-order valence-electron chi connectivity index (χ0n) is 17.8. The molecule has 32 heavy (non-hydrogen) atoms. The highest BCUT2D eigenvalue weighted by Crippen LogP contribution is 2.42. The van der Waals surface area contributed by atoms with E-state index in [9.17, 15) is 9.90 Å². The molecule has 2 aliphatic rings. The van der Waals surface area contributed by atoms with E-state index in [2.05, 4.69) is 21.6 Å². The number of methoxy groups -OCH3 is 1. The molecule has 7 nitrogen and oxygen atoms in total. The molecule has 2 aliphatic carbocycles. The number of H-pyrrole nitrogens is 1. The Morgan fingerprint density at radius 2 is 1.97 bits per heavy atom. The highest BCUT2D eigenvalue weighted by Gasteiger charge is 2.29. The first kappa shape index (κ1) is 20.3. The number of fused-ring (bicyclic) bond motifs is 3. The van der Waals surface area contributed by atoms with E-state index in [1.54, 1.807) is 19.2 Å². The molecule has 3 N–H and O–H groups in total. The van der Waals surface area contributed by atoms with Gasteiger partial charge in [-0.15, -0.1) is 0 Å². The third-order valence-electron chi connectivity index (χ3n) is 6.49. The van der Waals surface area contributed by atoms with Crippen LogP contribution < -0.4 is 10.1 Å². The molecule has 3 aromatic rings. The normalized spacial score (nSPS) is 19.0. The molecule has 0 spiro atoms. The lowest BCUT2D eigenvalue weighted by atomic mass is 9.93. The molecule has 7 heteroatoms. The van der Waals surface area contributed by atoms with Crippen molar-refractivity contribution in [3.05, 3.63) is 58.7 Å². The van der Waals surface area contributed by atoms with Crippen LogP contribution in [0.25, 0.3) is 22.5 Å². The van der Waals surface area contributed by atoms with Crippen molar-refractivity contribution < 1.29 is 14.6 Å². The lowest BCUT2D eigenvalue weighted by molar-refractivity contribution is 0.0865. The van der Waals surface area contributed by atoms with E-state index in [1.165, 1.54) is 0 Å². The SMILES string of the molecule is COc1cc2c(cc1C(=O)N[C@H]1CC[C@H](O)CC1)-c1[nH]nc(-c3ccc(C#N)cc3)c1C2. The Morgan fingerprint density at radius 1 is 1.22 bits per heavy atom. The third-order valence-corrected chi connectivity index (χ3v) is 6.49. The van der Waals surface area contributed by atoms with Gasteiger partial charge in [0, 0.05) is 29.2 Å². The van der Waals surface area contributed by atoms with Gasteiger partial charge < -0.3 is 15.2 Å². The number of amides is 1. The first-order valence-electron chi connectivity index (χ1n) is 10.9. The molecule has 0 bridgehead atoms. The van der Waals surface area contributed by atoms with Crippen LogP contribution in [0.15, 0.2) is 36.4 Å². The second-order valence-electron chi connectivity index (χ2n) is 8.48. The third kappa shape index (κ3) is 3.53. The van der Waals surface area contributed by atoms with Gasteiger partial charge in [-0.05, 0) is 55.5 Å². The topological polar surface area (TPSA) is 111 Å². The fraction of sp³-hybridized carbons (Fsp3) is 0.320. The van der Waals surface area contributed by atoms with Gasteiger partial charge in [-0.3, -0.25) is 9.89 Å². The number of ether oxygens (including phenoxy) is 1. The zero-order chi connectivity index (χ0) is 22.2. The number of benzene rings is 2. The minimum atomic E-state index is -0.262. The summed E-state index contributed by atoms with van der Waals surface area (Å²) in [5.74, 6) is 0.390. The highest BCUT2D eigenvalue weighted by molar-refractivity contribution is 5.99. The molecule has 1 saturated carbocycles. The van der Waals surface area contributed by atoms with Gasteiger partial charge in [-0.25, -0.2) is 0 Å². The van der Waals surface area contributed by atoms with Crippen LogP contribution in [0.3, 0.4) is 0 Å². The summed E-state index contributed by atoms with van der Waals surface area (Å²) in [6.07, 6.45) is 3.40. The van der Waals surface area contributed by atoms with Crippen LogP contribution in [0.4, 0.5) is 0 Å². The Hall–Kier alpha value is -3.63. The molecular weight excluding hydrogens is 404 g/mol. The van der Waals surface area contributed by atoms with Gasteiger partial charge >= 0.3 is 0 Å². The minimum absolute atomic E-state index is 0.0644. The van der Waals surface area contributed by atoms with Gasteiger partial charge in [0.15, 0.2) is 0 Å². The summed E-state index contributed by atoms with van der Waals surface area (Å²) in [6.45, 7) is 0. The van der Waals surface area contributed by atoms with E-state index in [4.69, 9.17) is 10.00 Å². The molecule has 0 atom stereocenters. The van der Waals surface area contributed by atoms with E-state index >= 15 is 0 Å². The highest BCUT2D eigenvalue weighted by atomic mass is 16.5. The number of carbonyl (C=O) groups is 1. The Labute approximate surface area is 186 Å². The van der Waals surface area contributed by atoms with Crippen LogP contribution >= 0.6 is 0 Å². The smallest absolute Gasteiger partial charge is 0.255 e. The van der Waals surface area contributed by atoms with Crippen LogP contribution in [0.1, 0.15) is 52.7 Å². The number of nitrogens with zero attached hydrogens (tertiary/aromatic N) is 2. The Kier molecular flexibility index (Phi) is 5.16. The molecule has 2 aromatic carbocycles. The Bertz CT molecular complexity index is 1220. The number of carbonyl (C=O) groups excluding carboxylic acids is 1. The maximum absolute atomic E-state index is 13.1. The second-order valence-corrected chi connectivity index (χ2v) is 8.48. The van der Waals surface area contributed by atoms with Crippen LogP contribution in [0.5, 0.6) is 5.75 Å². The Morgan fingerprint density at radius 3 is 2.66 bits per heavy atom. The first-order valence-corrected chi connectivity index (χ1v) is 10.9. The number of hydrogen-bond acceptors (Lipinski definition) is 5. The van der Waals surface area contributed by atoms with E-state index in [1.807, 2.05) is 24.3 Å². The largest absolute Gasteiger partial charge is 0.496 e. The minimum Gasteiger partial charge on any atom is -0.496 e. The maximum atomic E-state index is 13.1. The number of aromatic nitrogens is 2. The lowest BCUT2D eigenvalue weighted by Gasteiger charge is -2.26. The van der Waals surface area contributed by atoms with Crippen molar-refractivity contribution >= 4 is 5.91 Å². The zero-order valence-corrected chi connectivity index (χ0v) is 17.8. The molecular formula is C25H24N4O3. The number of nitrogens with one attached hydrogen (secondary N) is 2. The van der Waals surface area contributed by atoms with Gasteiger partial charge in [0.05, 0.1) is 41.8 Å². The standard InChI is InChI=1S/C25H24N4O3/c1-32-22-11-16-10-21-23(15-4-2-14(13-26)3-5-15)28-29-24(21)19(16)12-20(22)25(31)27-17-6-8-18(30)9-7-17/h2-5,11-12,17-18,30H,6-10H2,1H3,(H,27,31)(H,28,29)/t17-,18-. The van der Waals surface area contributed by atoms with Crippen LogP contribution in [-0.2, 0) is 6.42 Å². The molecule has 1 amide bonds. The summed E-state index contributed by atoms with van der Waals surface area (Å²) in [4.78, 5) is 13.1. The fourth-order valence-electron chi connectivity index (χ4n) is 4.72. The van der Waals surface area contributed by atoms with Crippen molar-refractivity contribution in [1.82, 2.24) is 15.5 Å². The molecule has 0 saturated heterocycles. The summed E-state index contributed by atoms with van der Waals surface area (Å²) >= 11 is 0. The molecule has 162 valence electrons. The van der Waals surface area contributed by atoms with Crippen molar-refractivity contribution in [1.29, 1.82) is 5.26 Å². The molecule has 1 fully saturated rings. The number of aliphatic hydroxyl groups excluding tert-OH is 1. The monoisotopic (exact) mass is 428 g/mol. The Balaban J connectivity index is 1.45. The van der Waals surface area contributed by atoms with Gasteiger partial charge in [-0.1, -0.05) is 12.1 Å². The number of hydrogen-bond donors (Lipinski definition) is 3. The number of rotatable bonds is 4. The predicted molar refractivity (Wildman–Crippen MR) is 119 cm³/mol. The van der Waals surface area contributed by atoms with Gasteiger partial charge in [0.2, 0.25) is 0 Å². The van der Waals surface area contributed by atoms with Crippen molar-refractivity contribution in [3.8, 4) is 34.3 Å². The summed E-state index contributed by atoms with van der Waals surface area (Å²) < 4.78 is 5.56. The summed E-state index contributed by atoms with van der Waals surface area (Å²) in [5, 5.41) is 29.5. The van der Waals surface area contributed by atoms with Crippen molar-refractivity contribution in [2.45, 2.75) is 44.2 Å². The van der Waals surface area contributed by atoms with Crippen molar-refractivity contribution in [2.75, 3.05) is 7.11 Å². The van der Waals surface area contributed by atoms with Gasteiger partial charge in [0.1, 0.15) is 5.75 Å².